The van der Waals surface area contributed by atoms with Crippen LogP contribution in [0.2, 0.25) is 0 Å². The van der Waals surface area contributed by atoms with Crippen molar-refractivity contribution < 1.29 is 9.18 Å². The van der Waals surface area contributed by atoms with Gasteiger partial charge in [0.25, 0.3) is 0 Å². The maximum Gasteiger partial charge on any atom is 0.317 e. The molecule has 6 heteroatoms. The number of hydrogen-bond donors (Lipinski definition) is 1. The predicted octanol–water partition coefficient (Wildman–Crippen LogP) is 5.02. The summed E-state index contributed by atoms with van der Waals surface area (Å²) in [5.41, 5.74) is 1.43. The van der Waals surface area contributed by atoms with Crippen LogP contribution in [0, 0.1) is 11.2 Å². The van der Waals surface area contributed by atoms with Gasteiger partial charge in [-0.25, -0.2) is 9.18 Å². The van der Waals surface area contributed by atoms with Crippen molar-refractivity contribution in [3.05, 3.63) is 35.6 Å². The minimum atomic E-state index is -0.137. The Morgan fingerprint density at radius 1 is 1.28 bits per heavy atom. The fourth-order valence-corrected chi connectivity index (χ4v) is 6.18. The van der Waals surface area contributed by atoms with Crippen molar-refractivity contribution in [1.82, 2.24) is 14.5 Å². The van der Waals surface area contributed by atoms with Gasteiger partial charge in [-0.1, -0.05) is 31.0 Å². The number of nitrogens with one attached hydrogen (secondary N) is 1. The summed E-state index contributed by atoms with van der Waals surface area (Å²) >= 11 is 1.90. The van der Waals surface area contributed by atoms with E-state index in [4.69, 9.17) is 0 Å². The summed E-state index contributed by atoms with van der Waals surface area (Å²) in [6.45, 7) is 4.32. The van der Waals surface area contributed by atoms with Gasteiger partial charge < -0.3 is 10.2 Å². The lowest BCUT2D eigenvalue weighted by Crippen LogP contribution is -2.49. The van der Waals surface area contributed by atoms with Gasteiger partial charge >= 0.3 is 6.03 Å². The zero-order valence-electron chi connectivity index (χ0n) is 17.7. The van der Waals surface area contributed by atoms with Gasteiger partial charge in [0.1, 0.15) is 5.82 Å². The van der Waals surface area contributed by atoms with Crippen LogP contribution in [-0.2, 0) is 0 Å². The summed E-state index contributed by atoms with van der Waals surface area (Å²) in [7, 11) is 1.96. The van der Waals surface area contributed by atoms with Crippen molar-refractivity contribution in [1.29, 1.82) is 0 Å². The molecule has 2 saturated carbocycles. The average Bonchev–Trinajstić information content (AvgIpc) is 3.39. The molecule has 1 aromatic rings. The number of nitrogens with zero attached hydrogens (tertiary/aromatic N) is 2. The van der Waals surface area contributed by atoms with Crippen molar-refractivity contribution in [2.24, 2.45) is 5.41 Å². The van der Waals surface area contributed by atoms with Crippen LogP contribution >= 0.6 is 11.9 Å². The Bertz CT molecular complexity index is 714. The predicted molar refractivity (Wildman–Crippen MR) is 117 cm³/mol. The van der Waals surface area contributed by atoms with Gasteiger partial charge in [0, 0.05) is 38.0 Å². The van der Waals surface area contributed by atoms with Crippen LogP contribution in [0.25, 0.3) is 0 Å². The summed E-state index contributed by atoms with van der Waals surface area (Å²) in [5.74, 6) is 1.44. The first-order valence-electron chi connectivity index (χ1n) is 11.2. The molecule has 4 nitrogen and oxygen atoms in total. The average molecular weight is 420 g/mol. The first-order chi connectivity index (χ1) is 14.0. The maximum absolute atomic E-state index is 13.5. The molecule has 0 bridgehead atoms. The molecule has 29 heavy (non-hydrogen) atoms. The monoisotopic (exact) mass is 419 g/mol. The topological polar surface area (TPSA) is 35.6 Å². The van der Waals surface area contributed by atoms with Gasteiger partial charge in [0.2, 0.25) is 0 Å². The highest BCUT2D eigenvalue weighted by Crippen LogP contribution is 2.58. The summed E-state index contributed by atoms with van der Waals surface area (Å²) in [6.07, 6.45) is 7.68. The zero-order valence-corrected chi connectivity index (χ0v) is 18.5. The molecule has 3 fully saturated rings. The van der Waals surface area contributed by atoms with Crippen LogP contribution in [-0.4, -0.2) is 53.2 Å². The number of halogens is 1. The molecule has 1 aliphatic heterocycles. The molecule has 1 N–H and O–H groups in total. The summed E-state index contributed by atoms with van der Waals surface area (Å²) in [5, 5.41) is 3.32. The third-order valence-electron chi connectivity index (χ3n) is 7.39. The number of urea groups is 1. The van der Waals surface area contributed by atoms with Crippen LogP contribution in [0.3, 0.4) is 0 Å². The molecule has 1 aromatic carbocycles. The van der Waals surface area contributed by atoms with Crippen molar-refractivity contribution in [2.45, 2.75) is 69.9 Å². The number of benzene rings is 1. The minimum Gasteiger partial charge on any atom is -0.335 e. The van der Waals surface area contributed by atoms with Gasteiger partial charge in [0.15, 0.2) is 0 Å². The van der Waals surface area contributed by atoms with Crippen LogP contribution in [0.15, 0.2) is 24.3 Å². The quantitative estimate of drug-likeness (QED) is 0.681. The highest BCUT2D eigenvalue weighted by Gasteiger charge is 2.56. The van der Waals surface area contributed by atoms with Crippen molar-refractivity contribution in [3.63, 3.8) is 0 Å². The third-order valence-corrected chi connectivity index (χ3v) is 8.38. The van der Waals surface area contributed by atoms with Gasteiger partial charge in [0.05, 0.1) is 0 Å². The van der Waals surface area contributed by atoms with Gasteiger partial charge in [-0.3, -0.25) is 4.31 Å². The van der Waals surface area contributed by atoms with E-state index in [0.29, 0.717) is 23.4 Å². The number of hydrogen-bond acceptors (Lipinski definition) is 3. The zero-order chi connectivity index (χ0) is 20.4. The Kier molecular flexibility index (Phi) is 6.40. The molecule has 2 amide bonds. The summed E-state index contributed by atoms with van der Waals surface area (Å²) in [4.78, 5) is 14.7. The second-order valence-corrected chi connectivity index (χ2v) is 10.4. The lowest BCUT2D eigenvalue weighted by Gasteiger charge is -2.36. The van der Waals surface area contributed by atoms with E-state index in [9.17, 15) is 9.18 Å². The standard InChI is InChI=1S/C23H34FN3OS/c1-3-29-27-13-9-20(10-14-27)26(2)22(28)25-21-16-23(21)11-7-17(8-12-23)18-5-4-6-19(24)15-18/h4-6,15,17,20-21H,3,7-14,16H2,1-2H3,(H,25,28)/t17?,21-,23?/m0/s1. The maximum atomic E-state index is 13.5. The highest BCUT2D eigenvalue weighted by atomic mass is 32.2. The van der Waals surface area contributed by atoms with E-state index >= 15 is 0 Å². The Morgan fingerprint density at radius 2 is 2.00 bits per heavy atom. The smallest absolute Gasteiger partial charge is 0.317 e. The van der Waals surface area contributed by atoms with Crippen LogP contribution in [0.5, 0.6) is 0 Å². The fraction of sp³-hybridized carbons (Fsp3) is 0.696. The molecular formula is C23H34FN3OS. The van der Waals surface area contributed by atoms with Gasteiger partial charge in [-0.05, 0) is 74.0 Å². The van der Waals surface area contributed by atoms with Crippen molar-refractivity contribution in [3.8, 4) is 0 Å². The highest BCUT2D eigenvalue weighted by molar-refractivity contribution is 7.96. The molecule has 3 aliphatic rings. The lowest BCUT2D eigenvalue weighted by atomic mass is 9.76. The third kappa shape index (κ3) is 4.74. The molecule has 0 aromatic heterocycles. The SMILES string of the molecule is CCSN1CCC(N(C)C(=O)N[C@H]2CC23CCC(c2cccc(F)c2)CC3)CC1. The largest absolute Gasteiger partial charge is 0.335 e. The minimum absolute atomic E-state index is 0.0979. The van der Waals surface area contributed by atoms with Gasteiger partial charge in [-0.2, -0.15) is 0 Å². The van der Waals surface area contributed by atoms with Crippen LogP contribution < -0.4 is 5.32 Å². The Balaban J connectivity index is 1.23. The molecule has 160 valence electrons. The fourth-order valence-electron chi connectivity index (χ4n) is 5.35. The first-order valence-corrected chi connectivity index (χ1v) is 12.1. The van der Waals surface area contributed by atoms with E-state index in [2.05, 4.69) is 22.6 Å². The lowest BCUT2D eigenvalue weighted by molar-refractivity contribution is 0.162. The number of carbonyl (C=O) groups is 1. The molecule has 1 spiro atoms. The molecular weight excluding hydrogens is 385 g/mol. The Labute approximate surface area is 178 Å². The molecule has 1 atom stereocenters. The van der Waals surface area contributed by atoms with Crippen LogP contribution in [0.1, 0.15) is 63.4 Å². The van der Waals surface area contributed by atoms with E-state index in [1.54, 1.807) is 6.07 Å². The molecule has 0 unspecified atom stereocenters. The van der Waals surface area contributed by atoms with Gasteiger partial charge in [-0.15, -0.1) is 0 Å². The van der Waals surface area contributed by atoms with E-state index in [-0.39, 0.29) is 11.8 Å². The Morgan fingerprint density at radius 3 is 2.66 bits per heavy atom. The number of piperidine rings is 1. The van der Waals surface area contributed by atoms with E-state index in [0.717, 1.165) is 69.4 Å². The molecule has 1 heterocycles. The molecule has 1 saturated heterocycles. The summed E-state index contributed by atoms with van der Waals surface area (Å²) < 4.78 is 16.0. The van der Waals surface area contributed by atoms with E-state index < -0.39 is 0 Å². The normalized spacial score (nSPS) is 30.3. The second-order valence-electron chi connectivity index (χ2n) is 9.09. The van der Waals surface area contributed by atoms with E-state index in [1.807, 2.05) is 30.0 Å². The second kappa shape index (κ2) is 8.84. The first kappa shape index (κ1) is 21.0. The summed E-state index contributed by atoms with van der Waals surface area (Å²) in [6, 6.07) is 7.84. The Hall–Kier alpha value is -1.27. The number of amides is 2. The molecule has 2 aliphatic carbocycles. The molecule has 4 rings (SSSR count). The number of carbonyl (C=O) groups excluding carboxylic acids is 1. The van der Waals surface area contributed by atoms with Crippen LogP contribution in [0.4, 0.5) is 9.18 Å². The number of rotatable bonds is 5. The van der Waals surface area contributed by atoms with Crippen molar-refractivity contribution >= 4 is 18.0 Å². The van der Waals surface area contributed by atoms with Crippen molar-refractivity contribution in [2.75, 3.05) is 25.9 Å². The molecule has 0 radical (unpaired) electrons. The van der Waals surface area contributed by atoms with E-state index in [1.165, 1.54) is 6.07 Å².